The van der Waals surface area contributed by atoms with E-state index in [1.54, 1.807) is 0 Å². The van der Waals surface area contributed by atoms with Crippen LogP contribution < -0.4 is 0 Å². The minimum atomic E-state index is -0.576. The third kappa shape index (κ3) is 8.87. The average molecular weight is 442 g/mol. The van der Waals surface area contributed by atoms with Gasteiger partial charge in [-0.3, -0.25) is 0 Å². The molecule has 1 aromatic carbocycles. The van der Waals surface area contributed by atoms with Crippen LogP contribution in [0.1, 0.15) is 47.2 Å². The normalized spacial score (nSPS) is 8.86. The molecule has 0 aliphatic carbocycles. The van der Waals surface area contributed by atoms with Crippen molar-refractivity contribution >= 4 is 33.0 Å². The summed E-state index contributed by atoms with van der Waals surface area (Å²) >= 11 is 0. The van der Waals surface area contributed by atoms with E-state index in [-0.39, 0.29) is 44.3 Å². The van der Waals surface area contributed by atoms with Gasteiger partial charge < -0.3 is 4.89 Å². The summed E-state index contributed by atoms with van der Waals surface area (Å²) in [6, 6.07) is 0. The molecule has 0 heterocycles. The van der Waals surface area contributed by atoms with Crippen molar-refractivity contribution in [3.63, 3.8) is 0 Å². The Balaban J connectivity index is -0.000000142. The first-order valence-corrected chi connectivity index (χ1v) is 8.41. The van der Waals surface area contributed by atoms with E-state index >= 15 is 0 Å². The quantitative estimate of drug-likeness (QED) is 0.454. The molecule has 0 aliphatic rings. The zero-order valence-electron chi connectivity index (χ0n) is 14.5. The Hall–Kier alpha value is 0.813. The van der Waals surface area contributed by atoms with Crippen molar-refractivity contribution in [2.24, 2.45) is 0 Å². The topological polar surface area (TPSA) is 20.2 Å². The molecule has 0 saturated carbocycles. The molecular formula is C16H31Cl2OPRu. The standard InChI is InChI=1S/C12H18.C4H11OP.2ClH.Ru/c1-7-8(2)10(4)12(6)11(5)9(7)3;1-3-6(5)4-2;;;/h1-6H3;5H,3-4H2,1-2H3;2*1H;. The average Bonchev–Trinajstić information content (AvgIpc) is 2.40. The maximum absolute atomic E-state index is 8.73. The largest absolute Gasteiger partial charge is 0.374 e. The second-order valence-electron chi connectivity index (χ2n) is 4.89. The van der Waals surface area contributed by atoms with Crippen molar-refractivity contribution in [3.8, 4) is 0 Å². The van der Waals surface area contributed by atoms with E-state index in [1.165, 1.54) is 33.4 Å². The van der Waals surface area contributed by atoms with Crippen LogP contribution in [-0.4, -0.2) is 17.2 Å². The second-order valence-corrected chi connectivity index (χ2v) is 7.17. The minimum absolute atomic E-state index is 0. The van der Waals surface area contributed by atoms with Crippen LogP contribution in [0, 0.1) is 41.5 Å². The summed E-state index contributed by atoms with van der Waals surface area (Å²) in [6.07, 6.45) is 1.90. The van der Waals surface area contributed by atoms with Crippen molar-refractivity contribution in [2.45, 2.75) is 55.4 Å². The number of hydrogen-bond donors (Lipinski definition) is 1. The van der Waals surface area contributed by atoms with E-state index in [2.05, 4.69) is 41.5 Å². The molecule has 0 aromatic heterocycles. The maximum Gasteiger partial charge on any atom is 0.0245 e. The molecule has 1 nitrogen and oxygen atoms in total. The molecule has 0 saturated heterocycles. The summed E-state index contributed by atoms with van der Waals surface area (Å²) in [6.45, 7) is 17.3. The van der Waals surface area contributed by atoms with Crippen molar-refractivity contribution < 1.29 is 24.4 Å². The third-order valence-electron chi connectivity index (χ3n) is 4.11. The van der Waals surface area contributed by atoms with Gasteiger partial charge in [-0.05, 0) is 87.2 Å². The van der Waals surface area contributed by atoms with Gasteiger partial charge in [-0.1, -0.05) is 13.8 Å². The van der Waals surface area contributed by atoms with E-state index in [9.17, 15) is 0 Å². The van der Waals surface area contributed by atoms with Gasteiger partial charge in [0, 0.05) is 27.6 Å². The molecular weight excluding hydrogens is 411 g/mol. The first-order valence-electron chi connectivity index (χ1n) is 6.75. The molecule has 0 radical (unpaired) electrons. The van der Waals surface area contributed by atoms with Gasteiger partial charge in [-0.25, -0.2) is 0 Å². The van der Waals surface area contributed by atoms with E-state index in [4.69, 9.17) is 4.89 Å². The Morgan fingerprint density at radius 1 is 0.619 bits per heavy atom. The predicted octanol–water partition coefficient (Wildman–Crippen LogP) is 5.79. The molecule has 128 valence electrons. The Morgan fingerprint density at radius 3 is 0.810 bits per heavy atom. The molecule has 1 N–H and O–H groups in total. The van der Waals surface area contributed by atoms with Gasteiger partial charge in [0.25, 0.3) is 0 Å². The fourth-order valence-electron chi connectivity index (χ4n) is 1.91. The molecule has 0 amide bonds. The molecule has 1 aromatic rings. The zero-order chi connectivity index (χ0) is 14.5. The van der Waals surface area contributed by atoms with Crippen LogP contribution >= 0.6 is 33.0 Å². The van der Waals surface area contributed by atoms with Crippen molar-refractivity contribution in [2.75, 3.05) is 12.3 Å². The monoisotopic (exact) mass is 442 g/mol. The summed E-state index contributed by atoms with van der Waals surface area (Å²) in [7, 11) is -0.576. The minimum Gasteiger partial charge on any atom is -0.374 e. The SMILES string of the molecule is CCP(O)CC.Cc1c(C)c(C)c(C)c(C)c1C.Cl.Cl.[Ru]. The fourth-order valence-corrected chi connectivity index (χ4v) is 2.36. The van der Waals surface area contributed by atoms with Crippen LogP contribution in [0.5, 0.6) is 0 Å². The van der Waals surface area contributed by atoms with Crippen LogP contribution in [0.25, 0.3) is 0 Å². The van der Waals surface area contributed by atoms with Gasteiger partial charge in [0.2, 0.25) is 0 Å². The van der Waals surface area contributed by atoms with Gasteiger partial charge in [-0.15, -0.1) is 24.8 Å². The van der Waals surface area contributed by atoms with E-state index in [0.29, 0.717) is 0 Å². The maximum atomic E-state index is 8.73. The van der Waals surface area contributed by atoms with Crippen LogP contribution in [-0.2, 0) is 19.5 Å². The van der Waals surface area contributed by atoms with Crippen molar-refractivity contribution in [1.29, 1.82) is 0 Å². The molecule has 21 heavy (non-hydrogen) atoms. The Morgan fingerprint density at radius 2 is 0.762 bits per heavy atom. The van der Waals surface area contributed by atoms with Gasteiger partial charge in [0.1, 0.15) is 0 Å². The summed E-state index contributed by atoms with van der Waals surface area (Å²) in [5.41, 5.74) is 8.73. The van der Waals surface area contributed by atoms with E-state index < -0.39 is 8.15 Å². The van der Waals surface area contributed by atoms with Gasteiger partial charge in [0.15, 0.2) is 0 Å². The molecule has 5 heteroatoms. The molecule has 0 bridgehead atoms. The van der Waals surface area contributed by atoms with Crippen LogP contribution in [0.2, 0.25) is 0 Å². The molecule has 0 unspecified atom stereocenters. The number of rotatable bonds is 2. The molecule has 0 aliphatic heterocycles. The summed E-state index contributed by atoms with van der Waals surface area (Å²) in [5.74, 6) is 0. The second kappa shape index (κ2) is 14.4. The van der Waals surface area contributed by atoms with Crippen molar-refractivity contribution in [1.82, 2.24) is 0 Å². The first-order chi connectivity index (χ1) is 8.27. The fraction of sp³-hybridized carbons (Fsp3) is 0.625. The van der Waals surface area contributed by atoms with Gasteiger partial charge in [0.05, 0.1) is 0 Å². The Kier molecular flexibility index (Phi) is 20.4. The van der Waals surface area contributed by atoms with E-state index in [0.717, 1.165) is 12.3 Å². The number of benzene rings is 1. The summed E-state index contributed by atoms with van der Waals surface area (Å²) in [5, 5.41) is 0. The zero-order valence-corrected chi connectivity index (χ0v) is 18.7. The van der Waals surface area contributed by atoms with Crippen LogP contribution in [0.4, 0.5) is 0 Å². The van der Waals surface area contributed by atoms with Crippen LogP contribution in [0.15, 0.2) is 0 Å². The molecule has 0 fully saturated rings. The molecule has 0 spiro atoms. The van der Waals surface area contributed by atoms with Crippen LogP contribution in [0.3, 0.4) is 0 Å². The Labute approximate surface area is 158 Å². The summed E-state index contributed by atoms with van der Waals surface area (Å²) < 4.78 is 0. The summed E-state index contributed by atoms with van der Waals surface area (Å²) in [4.78, 5) is 8.73. The Bertz CT molecular complexity index is 303. The molecule has 0 atom stereocenters. The van der Waals surface area contributed by atoms with Gasteiger partial charge >= 0.3 is 0 Å². The number of halogens is 2. The third-order valence-corrected chi connectivity index (χ3v) is 5.57. The first kappa shape index (κ1) is 29.8. The number of hydrogen-bond acceptors (Lipinski definition) is 1. The predicted molar refractivity (Wildman–Crippen MR) is 99.6 cm³/mol. The van der Waals surface area contributed by atoms with Crippen molar-refractivity contribution in [3.05, 3.63) is 33.4 Å². The molecule has 1 rings (SSSR count). The smallest absolute Gasteiger partial charge is 0.0245 e. The van der Waals surface area contributed by atoms with Gasteiger partial charge in [-0.2, -0.15) is 0 Å². The van der Waals surface area contributed by atoms with E-state index in [1.807, 2.05) is 13.8 Å².